The molecule has 1 aromatic rings. The number of thiocarbonyl (C=S) groups is 1. The molecule has 2 N–H and O–H groups in total. The van der Waals surface area contributed by atoms with E-state index in [2.05, 4.69) is 22.8 Å². The molecule has 1 amide bonds. The van der Waals surface area contributed by atoms with Gasteiger partial charge < -0.3 is 0 Å². The van der Waals surface area contributed by atoms with E-state index in [1.54, 1.807) is 18.3 Å². The van der Waals surface area contributed by atoms with Crippen molar-refractivity contribution in [1.82, 2.24) is 15.8 Å². The first kappa shape index (κ1) is 13.9. The third-order valence-corrected chi connectivity index (χ3v) is 3.25. The molecule has 0 aromatic carbocycles. The highest BCUT2D eigenvalue weighted by Crippen LogP contribution is 2.05. The fourth-order valence-electron chi connectivity index (χ4n) is 1.02. The molecular formula is C11H15N3OS2. The van der Waals surface area contributed by atoms with Crippen LogP contribution in [-0.4, -0.2) is 21.0 Å². The number of carbonyl (C=O) groups excluding carboxylic acids is 1. The summed E-state index contributed by atoms with van der Waals surface area (Å²) >= 11 is 6.59. The zero-order valence-corrected chi connectivity index (χ0v) is 11.2. The minimum absolute atomic E-state index is 0.239. The molecule has 92 valence electrons. The SMILES string of the molecule is CCCCSC(=S)NNC(=O)c1cccnc1. The van der Waals surface area contributed by atoms with Crippen LogP contribution >= 0.6 is 24.0 Å². The van der Waals surface area contributed by atoms with Gasteiger partial charge in [0.15, 0.2) is 4.32 Å². The van der Waals surface area contributed by atoms with Gasteiger partial charge in [0.05, 0.1) is 5.56 Å². The van der Waals surface area contributed by atoms with Crippen LogP contribution in [0.4, 0.5) is 0 Å². The van der Waals surface area contributed by atoms with E-state index in [0.29, 0.717) is 9.88 Å². The molecule has 0 aliphatic heterocycles. The molecule has 0 radical (unpaired) electrons. The Morgan fingerprint density at radius 1 is 1.53 bits per heavy atom. The number of nitrogens with zero attached hydrogens (tertiary/aromatic N) is 1. The predicted molar refractivity (Wildman–Crippen MR) is 74.8 cm³/mol. The van der Waals surface area contributed by atoms with Crippen molar-refractivity contribution in [3.8, 4) is 0 Å². The summed E-state index contributed by atoms with van der Waals surface area (Å²) in [5, 5.41) is 0. The summed E-state index contributed by atoms with van der Waals surface area (Å²) in [6, 6.07) is 3.40. The highest BCUT2D eigenvalue weighted by atomic mass is 32.2. The van der Waals surface area contributed by atoms with E-state index >= 15 is 0 Å². The van der Waals surface area contributed by atoms with Crippen molar-refractivity contribution < 1.29 is 4.79 Å². The van der Waals surface area contributed by atoms with Crippen LogP contribution in [0.25, 0.3) is 0 Å². The summed E-state index contributed by atoms with van der Waals surface area (Å²) in [6.45, 7) is 2.13. The van der Waals surface area contributed by atoms with Crippen LogP contribution in [0, 0.1) is 0 Å². The van der Waals surface area contributed by atoms with Crippen molar-refractivity contribution in [3.05, 3.63) is 30.1 Å². The average Bonchev–Trinajstić information content (AvgIpc) is 2.37. The summed E-state index contributed by atoms with van der Waals surface area (Å²) in [5.74, 6) is 0.724. The van der Waals surface area contributed by atoms with Crippen LogP contribution in [0.15, 0.2) is 24.5 Å². The highest BCUT2D eigenvalue weighted by molar-refractivity contribution is 8.22. The van der Waals surface area contributed by atoms with E-state index in [1.807, 2.05) is 0 Å². The molecule has 0 spiro atoms. The molecule has 0 atom stereocenters. The topological polar surface area (TPSA) is 54.0 Å². The van der Waals surface area contributed by atoms with Gasteiger partial charge in [-0.25, -0.2) is 0 Å². The maximum absolute atomic E-state index is 11.6. The molecule has 0 saturated carbocycles. The van der Waals surface area contributed by atoms with Crippen molar-refractivity contribution in [1.29, 1.82) is 0 Å². The fraction of sp³-hybridized carbons (Fsp3) is 0.364. The number of unbranched alkanes of at least 4 members (excludes halogenated alkanes) is 1. The predicted octanol–water partition coefficient (Wildman–Crippen LogP) is 2.13. The number of hydrogen-bond acceptors (Lipinski definition) is 4. The van der Waals surface area contributed by atoms with Crippen LogP contribution in [0.3, 0.4) is 0 Å². The minimum Gasteiger partial charge on any atom is -0.283 e. The molecular weight excluding hydrogens is 254 g/mol. The Balaban J connectivity index is 2.26. The van der Waals surface area contributed by atoms with Crippen LogP contribution in [-0.2, 0) is 0 Å². The smallest absolute Gasteiger partial charge is 0.271 e. The van der Waals surface area contributed by atoms with Crippen molar-refractivity contribution in [2.24, 2.45) is 0 Å². The molecule has 1 rings (SSSR count). The van der Waals surface area contributed by atoms with Gasteiger partial charge in [0.2, 0.25) is 0 Å². The van der Waals surface area contributed by atoms with Gasteiger partial charge in [-0.3, -0.25) is 20.6 Å². The van der Waals surface area contributed by atoms with E-state index in [4.69, 9.17) is 12.2 Å². The van der Waals surface area contributed by atoms with Crippen molar-refractivity contribution in [2.45, 2.75) is 19.8 Å². The lowest BCUT2D eigenvalue weighted by Crippen LogP contribution is -2.39. The molecule has 0 aliphatic carbocycles. The van der Waals surface area contributed by atoms with Gasteiger partial charge in [-0.05, 0) is 18.6 Å². The third-order valence-electron chi connectivity index (χ3n) is 1.93. The molecule has 6 heteroatoms. The Kier molecular flexibility index (Phi) is 6.57. The molecule has 0 unspecified atom stereocenters. The van der Waals surface area contributed by atoms with Gasteiger partial charge in [0.25, 0.3) is 5.91 Å². The van der Waals surface area contributed by atoms with E-state index < -0.39 is 0 Å². The van der Waals surface area contributed by atoms with E-state index in [-0.39, 0.29) is 5.91 Å². The highest BCUT2D eigenvalue weighted by Gasteiger charge is 2.04. The van der Waals surface area contributed by atoms with Gasteiger partial charge in [0, 0.05) is 18.1 Å². The van der Waals surface area contributed by atoms with Gasteiger partial charge in [-0.1, -0.05) is 37.3 Å². The number of nitrogens with one attached hydrogen (secondary N) is 2. The van der Waals surface area contributed by atoms with Gasteiger partial charge >= 0.3 is 0 Å². The Hall–Kier alpha value is -1.14. The number of rotatable bonds is 4. The number of carbonyl (C=O) groups is 1. The van der Waals surface area contributed by atoms with E-state index in [1.165, 1.54) is 18.0 Å². The summed E-state index contributed by atoms with van der Waals surface area (Å²) in [7, 11) is 0. The maximum atomic E-state index is 11.6. The zero-order valence-electron chi connectivity index (χ0n) is 9.60. The number of hydrogen-bond donors (Lipinski definition) is 2. The Bertz CT molecular complexity index is 370. The van der Waals surface area contributed by atoms with E-state index in [0.717, 1.165) is 18.6 Å². The number of pyridine rings is 1. The second-order valence-corrected chi connectivity index (χ2v) is 5.08. The second kappa shape index (κ2) is 8.03. The second-order valence-electron chi connectivity index (χ2n) is 3.31. The first-order valence-corrected chi connectivity index (χ1v) is 6.76. The van der Waals surface area contributed by atoms with Crippen LogP contribution in [0.2, 0.25) is 0 Å². The molecule has 0 bridgehead atoms. The van der Waals surface area contributed by atoms with Crippen LogP contribution in [0.5, 0.6) is 0 Å². The van der Waals surface area contributed by atoms with Crippen molar-refractivity contribution in [2.75, 3.05) is 5.75 Å². The Labute approximate surface area is 111 Å². The average molecular weight is 269 g/mol. The Morgan fingerprint density at radius 3 is 3.00 bits per heavy atom. The third kappa shape index (κ3) is 5.65. The maximum Gasteiger partial charge on any atom is 0.271 e. The summed E-state index contributed by atoms with van der Waals surface area (Å²) < 4.78 is 0.579. The largest absolute Gasteiger partial charge is 0.283 e. The Morgan fingerprint density at radius 2 is 2.35 bits per heavy atom. The lowest BCUT2D eigenvalue weighted by Gasteiger charge is -2.08. The molecule has 17 heavy (non-hydrogen) atoms. The molecule has 1 aromatic heterocycles. The molecule has 4 nitrogen and oxygen atoms in total. The van der Waals surface area contributed by atoms with Crippen molar-refractivity contribution >= 4 is 34.2 Å². The molecule has 0 aliphatic rings. The molecule has 0 saturated heterocycles. The first-order valence-electron chi connectivity index (χ1n) is 5.37. The summed E-state index contributed by atoms with van der Waals surface area (Å²) in [6.07, 6.45) is 5.38. The van der Waals surface area contributed by atoms with Crippen LogP contribution in [0.1, 0.15) is 30.1 Å². The number of amides is 1. The minimum atomic E-state index is -0.239. The standard InChI is InChI=1S/C11H15N3OS2/c1-2-3-7-17-11(16)14-13-10(15)9-5-4-6-12-8-9/h4-6,8H,2-3,7H2,1H3,(H,13,15)(H,14,16). The molecule has 0 fully saturated rings. The number of hydrazine groups is 1. The molecule has 1 heterocycles. The van der Waals surface area contributed by atoms with Crippen LogP contribution < -0.4 is 10.9 Å². The lowest BCUT2D eigenvalue weighted by atomic mass is 10.3. The van der Waals surface area contributed by atoms with E-state index in [9.17, 15) is 4.79 Å². The van der Waals surface area contributed by atoms with Gasteiger partial charge in [0.1, 0.15) is 0 Å². The lowest BCUT2D eigenvalue weighted by molar-refractivity contribution is 0.0944. The van der Waals surface area contributed by atoms with Gasteiger partial charge in [-0.2, -0.15) is 0 Å². The number of thioether (sulfide) groups is 1. The zero-order chi connectivity index (χ0) is 12.5. The quantitative estimate of drug-likeness (QED) is 0.498. The fourth-order valence-corrected chi connectivity index (χ4v) is 2.06. The first-order chi connectivity index (χ1) is 8.24. The monoisotopic (exact) mass is 269 g/mol. The summed E-state index contributed by atoms with van der Waals surface area (Å²) in [5.41, 5.74) is 5.74. The normalized spacial score (nSPS) is 9.71. The van der Waals surface area contributed by atoms with Gasteiger partial charge in [-0.15, -0.1) is 0 Å². The van der Waals surface area contributed by atoms with Crippen molar-refractivity contribution in [3.63, 3.8) is 0 Å². The summed E-state index contributed by atoms with van der Waals surface area (Å²) in [4.78, 5) is 15.5. The number of aromatic nitrogens is 1.